The Hall–Kier alpha value is -1.10. The van der Waals surface area contributed by atoms with Gasteiger partial charge in [-0.05, 0) is 33.1 Å². The second-order valence-corrected chi connectivity index (χ2v) is 6.06. The van der Waals surface area contributed by atoms with Crippen LogP contribution in [0.5, 0.6) is 0 Å². The van der Waals surface area contributed by atoms with E-state index in [4.69, 9.17) is 4.74 Å². The van der Waals surface area contributed by atoms with Gasteiger partial charge in [0, 0.05) is 12.1 Å². The maximum absolute atomic E-state index is 12.4. The Morgan fingerprint density at radius 3 is 2.43 bits per heavy atom. The summed E-state index contributed by atoms with van der Waals surface area (Å²) in [7, 11) is 1.39. The number of ether oxygens (including phenoxy) is 1. The Kier molecular flexibility index (Phi) is 7.72. The topological polar surface area (TPSA) is 58.6 Å². The number of esters is 1. The predicted octanol–water partition coefficient (Wildman–Crippen LogP) is 2.10. The summed E-state index contributed by atoms with van der Waals surface area (Å²) in [4.78, 5) is 26.0. The van der Waals surface area contributed by atoms with Gasteiger partial charge in [-0.3, -0.25) is 14.5 Å². The van der Waals surface area contributed by atoms with E-state index in [0.29, 0.717) is 6.04 Å². The Morgan fingerprint density at radius 2 is 1.90 bits per heavy atom. The van der Waals surface area contributed by atoms with Crippen LogP contribution in [0.3, 0.4) is 0 Å². The van der Waals surface area contributed by atoms with Gasteiger partial charge in [0.25, 0.3) is 0 Å². The van der Waals surface area contributed by atoms with Crippen LogP contribution in [-0.4, -0.2) is 48.6 Å². The Bertz CT molecular complexity index is 340. The minimum absolute atomic E-state index is 0.00625. The monoisotopic (exact) mass is 298 g/mol. The number of hydrogen-bond acceptors (Lipinski definition) is 4. The van der Waals surface area contributed by atoms with Crippen molar-refractivity contribution in [2.45, 2.75) is 77.4 Å². The van der Waals surface area contributed by atoms with Crippen LogP contribution in [0.15, 0.2) is 0 Å². The molecule has 2 unspecified atom stereocenters. The van der Waals surface area contributed by atoms with Crippen molar-refractivity contribution in [1.82, 2.24) is 10.2 Å². The molecule has 0 saturated heterocycles. The van der Waals surface area contributed by atoms with E-state index in [0.717, 1.165) is 25.7 Å². The summed E-state index contributed by atoms with van der Waals surface area (Å²) >= 11 is 0. The summed E-state index contributed by atoms with van der Waals surface area (Å²) in [6, 6.07) is 0.186. The first-order valence-electron chi connectivity index (χ1n) is 8.12. The largest absolute Gasteiger partial charge is 0.468 e. The molecule has 122 valence electrons. The molecule has 0 aromatic rings. The SMILES string of the molecule is CCCC(C)NC(=O)C(C)N(CC(=O)OC)C1CCCC1. The third-order valence-corrected chi connectivity index (χ3v) is 4.32. The molecule has 1 rings (SSSR count). The fourth-order valence-electron chi connectivity index (χ4n) is 3.05. The standard InChI is InChI=1S/C16H30N2O3/c1-5-8-12(2)17-16(20)13(3)18(11-15(19)21-4)14-9-6-7-10-14/h12-14H,5-11H2,1-4H3,(H,17,20). The van der Waals surface area contributed by atoms with Crippen molar-refractivity contribution < 1.29 is 14.3 Å². The van der Waals surface area contributed by atoms with E-state index < -0.39 is 0 Å². The molecule has 5 heteroatoms. The zero-order valence-electron chi connectivity index (χ0n) is 13.9. The van der Waals surface area contributed by atoms with Crippen LogP contribution in [0.25, 0.3) is 0 Å². The molecule has 0 spiro atoms. The van der Waals surface area contributed by atoms with Gasteiger partial charge in [0.2, 0.25) is 5.91 Å². The highest BCUT2D eigenvalue weighted by molar-refractivity contribution is 5.82. The van der Waals surface area contributed by atoms with Crippen LogP contribution in [0.2, 0.25) is 0 Å². The van der Waals surface area contributed by atoms with E-state index in [1.807, 2.05) is 18.7 Å². The van der Waals surface area contributed by atoms with Gasteiger partial charge in [0.1, 0.15) is 0 Å². The van der Waals surface area contributed by atoms with Crippen molar-refractivity contribution in [3.05, 3.63) is 0 Å². The molecule has 0 radical (unpaired) electrons. The highest BCUT2D eigenvalue weighted by atomic mass is 16.5. The van der Waals surface area contributed by atoms with E-state index in [1.165, 1.54) is 20.0 Å². The lowest BCUT2D eigenvalue weighted by molar-refractivity contribution is -0.144. The summed E-state index contributed by atoms with van der Waals surface area (Å²) in [5.41, 5.74) is 0. The van der Waals surface area contributed by atoms with Gasteiger partial charge in [0.05, 0.1) is 19.7 Å². The molecule has 0 aromatic heterocycles. The number of nitrogens with one attached hydrogen (secondary N) is 1. The Morgan fingerprint density at radius 1 is 1.29 bits per heavy atom. The average Bonchev–Trinajstić information content (AvgIpc) is 2.97. The quantitative estimate of drug-likeness (QED) is 0.697. The average molecular weight is 298 g/mol. The molecule has 1 aliphatic carbocycles. The first-order chi connectivity index (χ1) is 9.99. The molecule has 1 fully saturated rings. The van der Waals surface area contributed by atoms with Gasteiger partial charge >= 0.3 is 5.97 Å². The molecule has 1 saturated carbocycles. The van der Waals surface area contributed by atoms with Gasteiger partial charge in [0.15, 0.2) is 0 Å². The minimum atomic E-state index is -0.300. The number of hydrogen-bond donors (Lipinski definition) is 1. The normalized spacial score (nSPS) is 18.5. The minimum Gasteiger partial charge on any atom is -0.468 e. The lowest BCUT2D eigenvalue weighted by Gasteiger charge is -2.33. The zero-order valence-corrected chi connectivity index (χ0v) is 13.9. The van der Waals surface area contributed by atoms with Gasteiger partial charge in [-0.1, -0.05) is 26.2 Å². The Labute approximate surface area is 128 Å². The number of methoxy groups -OCH3 is 1. The second-order valence-electron chi connectivity index (χ2n) is 6.06. The molecule has 2 atom stereocenters. The van der Waals surface area contributed by atoms with Crippen molar-refractivity contribution in [3.8, 4) is 0 Å². The lowest BCUT2D eigenvalue weighted by atomic mass is 10.1. The van der Waals surface area contributed by atoms with E-state index in [-0.39, 0.29) is 30.5 Å². The van der Waals surface area contributed by atoms with Gasteiger partial charge in [-0.2, -0.15) is 0 Å². The van der Waals surface area contributed by atoms with E-state index in [9.17, 15) is 9.59 Å². The molecule has 0 heterocycles. The highest BCUT2D eigenvalue weighted by Crippen LogP contribution is 2.25. The molecule has 0 bridgehead atoms. The molecule has 1 aliphatic rings. The molecule has 1 N–H and O–H groups in total. The molecule has 21 heavy (non-hydrogen) atoms. The van der Waals surface area contributed by atoms with Crippen LogP contribution in [0, 0.1) is 0 Å². The highest BCUT2D eigenvalue weighted by Gasteiger charge is 2.32. The third kappa shape index (κ3) is 5.65. The van der Waals surface area contributed by atoms with Crippen molar-refractivity contribution in [1.29, 1.82) is 0 Å². The van der Waals surface area contributed by atoms with Crippen LogP contribution >= 0.6 is 0 Å². The van der Waals surface area contributed by atoms with Gasteiger partial charge < -0.3 is 10.1 Å². The van der Waals surface area contributed by atoms with Crippen LogP contribution in [0.4, 0.5) is 0 Å². The first kappa shape index (κ1) is 18.0. The smallest absolute Gasteiger partial charge is 0.319 e. The third-order valence-electron chi connectivity index (χ3n) is 4.32. The zero-order chi connectivity index (χ0) is 15.8. The Balaban J connectivity index is 2.66. The fraction of sp³-hybridized carbons (Fsp3) is 0.875. The number of rotatable bonds is 8. The lowest BCUT2D eigenvalue weighted by Crippen LogP contribution is -2.52. The number of amides is 1. The maximum Gasteiger partial charge on any atom is 0.319 e. The van der Waals surface area contributed by atoms with Gasteiger partial charge in [-0.25, -0.2) is 0 Å². The second kappa shape index (κ2) is 9.03. The summed E-state index contributed by atoms with van der Waals surface area (Å²) in [6.07, 6.45) is 6.47. The van der Waals surface area contributed by atoms with E-state index in [2.05, 4.69) is 12.2 Å². The summed E-state index contributed by atoms with van der Waals surface area (Å²) in [6.45, 7) is 6.20. The molecule has 0 aromatic carbocycles. The molecule has 1 amide bonds. The van der Waals surface area contributed by atoms with Crippen LogP contribution in [-0.2, 0) is 14.3 Å². The van der Waals surface area contributed by atoms with E-state index in [1.54, 1.807) is 0 Å². The van der Waals surface area contributed by atoms with Crippen LogP contribution in [0.1, 0.15) is 59.3 Å². The molecule has 5 nitrogen and oxygen atoms in total. The summed E-state index contributed by atoms with van der Waals surface area (Å²) < 4.78 is 4.78. The fourth-order valence-corrected chi connectivity index (χ4v) is 3.05. The van der Waals surface area contributed by atoms with Crippen molar-refractivity contribution in [3.63, 3.8) is 0 Å². The molecular weight excluding hydrogens is 268 g/mol. The molecular formula is C16H30N2O3. The predicted molar refractivity (Wildman–Crippen MR) is 83.0 cm³/mol. The van der Waals surface area contributed by atoms with Crippen molar-refractivity contribution in [2.75, 3.05) is 13.7 Å². The summed E-state index contributed by atoms with van der Waals surface area (Å²) in [5, 5.41) is 3.04. The van der Waals surface area contributed by atoms with Crippen LogP contribution < -0.4 is 5.32 Å². The maximum atomic E-state index is 12.4. The number of carbonyl (C=O) groups is 2. The number of nitrogens with zero attached hydrogens (tertiary/aromatic N) is 1. The molecule has 0 aliphatic heterocycles. The first-order valence-corrected chi connectivity index (χ1v) is 8.12. The van der Waals surface area contributed by atoms with Crippen molar-refractivity contribution >= 4 is 11.9 Å². The summed E-state index contributed by atoms with van der Waals surface area (Å²) in [5.74, 6) is -0.269. The van der Waals surface area contributed by atoms with Crippen molar-refractivity contribution in [2.24, 2.45) is 0 Å². The number of carbonyl (C=O) groups excluding carboxylic acids is 2. The van der Waals surface area contributed by atoms with Gasteiger partial charge in [-0.15, -0.1) is 0 Å². The van der Waals surface area contributed by atoms with E-state index >= 15 is 0 Å².